The molecule has 0 aromatic heterocycles. The van der Waals surface area contributed by atoms with Gasteiger partial charge in [0.1, 0.15) is 0 Å². The fourth-order valence-corrected chi connectivity index (χ4v) is 5.29. The lowest BCUT2D eigenvalue weighted by Gasteiger charge is -2.20. The first-order chi connectivity index (χ1) is 15.9. The monoisotopic (exact) mass is 436 g/mol. The summed E-state index contributed by atoms with van der Waals surface area (Å²) in [5.74, 6) is 0.741. The second-order valence-electron chi connectivity index (χ2n) is 10.1. The van der Waals surface area contributed by atoms with Crippen molar-refractivity contribution < 1.29 is 0 Å². The minimum atomic E-state index is 0.741. The summed E-state index contributed by atoms with van der Waals surface area (Å²) in [5, 5.41) is 2.91. The molecule has 0 aliphatic rings. The highest BCUT2D eigenvalue weighted by molar-refractivity contribution is 5.86. The number of benzene rings is 2. The van der Waals surface area contributed by atoms with E-state index in [4.69, 9.17) is 0 Å². The van der Waals surface area contributed by atoms with Gasteiger partial charge in [0.15, 0.2) is 0 Å². The average molecular weight is 437 g/mol. The quantitative estimate of drug-likeness (QED) is 0.181. The molecule has 0 saturated carbocycles. The zero-order valence-electron chi connectivity index (χ0n) is 21.6. The molecule has 1 unspecified atom stereocenters. The molecule has 2 rings (SSSR count). The van der Waals surface area contributed by atoms with E-state index in [-0.39, 0.29) is 0 Å². The number of unbranched alkanes of at least 4 members (excludes halogenated alkanes) is 15. The lowest BCUT2D eigenvalue weighted by Crippen LogP contribution is -2.01. The molecule has 0 heteroatoms. The Morgan fingerprint density at radius 3 is 1.44 bits per heavy atom. The Kier molecular flexibility index (Phi) is 15.3. The van der Waals surface area contributed by atoms with Crippen molar-refractivity contribution in [2.45, 2.75) is 142 Å². The van der Waals surface area contributed by atoms with Gasteiger partial charge in [0.05, 0.1) is 0 Å². The molecule has 0 radical (unpaired) electrons. The van der Waals surface area contributed by atoms with Gasteiger partial charge in [-0.1, -0.05) is 165 Å². The fourth-order valence-electron chi connectivity index (χ4n) is 5.29. The van der Waals surface area contributed by atoms with E-state index < -0.39 is 0 Å². The molecule has 2 aromatic carbocycles. The van der Waals surface area contributed by atoms with Crippen LogP contribution in [0.5, 0.6) is 0 Å². The van der Waals surface area contributed by atoms with Crippen LogP contribution in [0.4, 0.5) is 0 Å². The minimum absolute atomic E-state index is 0.741. The smallest absolute Gasteiger partial charge is 0.0149 e. The second kappa shape index (κ2) is 18.2. The normalized spacial score (nSPS) is 12.4. The van der Waals surface area contributed by atoms with Crippen molar-refractivity contribution in [3.8, 4) is 0 Å². The third-order valence-electron chi connectivity index (χ3n) is 7.33. The van der Waals surface area contributed by atoms with Crippen LogP contribution in [0.2, 0.25) is 0 Å². The maximum atomic E-state index is 2.42. The van der Waals surface area contributed by atoms with Crippen LogP contribution in [0.1, 0.15) is 147 Å². The summed E-state index contributed by atoms with van der Waals surface area (Å²) in [7, 11) is 0. The van der Waals surface area contributed by atoms with E-state index >= 15 is 0 Å². The predicted octanol–water partition coefficient (Wildman–Crippen LogP) is 11.4. The number of rotatable bonds is 20. The summed E-state index contributed by atoms with van der Waals surface area (Å²) < 4.78 is 0. The largest absolute Gasteiger partial charge is 0.0654 e. The SMILES string of the molecule is CCCCCCCCCCCC(CCCCCCCCCC)c1cccc2ccccc12. The van der Waals surface area contributed by atoms with Gasteiger partial charge in [-0.25, -0.2) is 0 Å². The van der Waals surface area contributed by atoms with E-state index in [1.807, 2.05) is 0 Å². The molecule has 1 atom stereocenters. The fraction of sp³-hybridized carbons (Fsp3) is 0.688. The lowest BCUT2D eigenvalue weighted by atomic mass is 9.85. The molecule has 32 heavy (non-hydrogen) atoms. The van der Waals surface area contributed by atoms with Crippen molar-refractivity contribution in [3.05, 3.63) is 48.0 Å². The van der Waals surface area contributed by atoms with Crippen molar-refractivity contribution in [1.29, 1.82) is 0 Å². The summed E-state index contributed by atoms with van der Waals surface area (Å²) >= 11 is 0. The molecule has 0 heterocycles. The molecule has 0 aliphatic carbocycles. The third-order valence-corrected chi connectivity index (χ3v) is 7.33. The highest BCUT2D eigenvalue weighted by Crippen LogP contribution is 2.33. The Labute approximate surface area is 200 Å². The van der Waals surface area contributed by atoms with Gasteiger partial charge in [0.2, 0.25) is 0 Å². The van der Waals surface area contributed by atoms with E-state index in [2.05, 4.69) is 56.3 Å². The molecule has 0 saturated heterocycles. The Bertz CT molecular complexity index is 680. The molecule has 0 fully saturated rings. The summed E-state index contributed by atoms with van der Waals surface area (Å²) in [6, 6.07) is 16.0. The molecule has 0 aliphatic heterocycles. The van der Waals surface area contributed by atoms with Gasteiger partial charge in [-0.2, -0.15) is 0 Å². The highest BCUT2D eigenvalue weighted by atomic mass is 14.2. The summed E-state index contributed by atoms with van der Waals surface area (Å²) in [4.78, 5) is 0. The van der Waals surface area contributed by atoms with E-state index in [1.165, 1.54) is 133 Å². The van der Waals surface area contributed by atoms with Gasteiger partial charge in [0.25, 0.3) is 0 Å². The molecule has 0 bridgehead atoms. The topological polar surface area (TPSA) is 0 Å². The van der Waals surface area contributed by atoms with Gasteiger partial charge >= 0.3 is 0 Å². The van der Waals surface area contributed by atoms with E-state index in [0.717, 1.165) is 5.92 Å². The summed E-state index contributed by atoms with van der Waals surface area (Å²) in [6.07, 6.45) is 26.9. The van der Waals surface area contributed by atoms with E-state index in [1.54, 1.807) is 5.56 Å². The van der Waals surface area contributed by atoms with Gasteiger partial charge in [-0.05, 0) is 35.1 Å². The van der Waals surface area contributed by atoms with Crippen LogP contribution in [-0.4, -0.2) is 0 Å². The first-order valence-corrected chi connectivity index (χ1v) is 14.3. The summed E-state index contributed by atoms with van der Waals surface area (Å²) in [5.41, 5.74) is 1.62. The van der Waals surface area contributed by atoms with Gasteiger partial charge < -0.3 is 0 Å². The molecule has 0 amide bonds. The van der Waals surface area contributed by atoms with Crippen molar-refractivity contribution in [2.75, 3.05) is 0 Å². The van der Waals surface area contributed by atoms with E-state index in [0.29, 0.717) is 0 Å². The van der Waals surface area contributed by atoms with Crippen LogP contribution in [0.15, 0.2) is 42.5 Å². The third kappa shape index (κ3) is 11.0. The number of hydrogen-bond acceptors (Lipinski definition) is 0. The zero-order valence-corrected chi connectivity index (χ0v) is 21.6. The van der Waals surface area contributed by atoms with Crippen LogP contribution >= 0.6 is 0 Å². The van der Waals surface area contributed by atoms with E-state index in [9.17, 15) is 0 Å². The second-order valence-corrected chi connectivity index (χ2v) is 10.1. The summed E-state index contributed by atoms with van der Waals surface area (Å²) in [6.45, 7) is 4.61. The molecule has 0 nitrogen and oxygen atoms in total. The number of fused-ring (bicyclic) bond motifs is 1. The van der Waals surface area contributed by atoms with Crippen LogP contribution < -0.4 is 0 Å². The van der Waals surface area contributed by atoms with Crippen LogP contribution in [0.25, 0.3) is 10.8 Å². The molecular formula is C32H52. The molecule has 0 N–H and O–H groups in total. The lowest BCUT2D eigenvalue weighted by molar-refractivity contribution is 0.484. The van der Waals surface area contributed by atoms with Crippen molar-refractivity contribution >= 4 is 10.8 Å². The van der Waals surface area contributed by atoms with Crippen molar-refractivity contribution in [2.24, 2.45) is 0 Å². The Hall–Kier alpha value is -1.30. The maximum absolute atomic E-state index is 2.42. The maximum Gasteiger partial charge on any atom is -0.0149 e. The van der Waals surface area contributed by atoms with Gasteiger partial charge in [0, 0.05) is 0 Å². The Morgan fingerprint density at radius 1 is 0.469 bits per heavy atom. The minimum Gasteiger partial charge on any atom is -0.0654 e. The van der Waals surface area contributed by atoms with Crippen LogP contribution in [0.3, 0.4) is 0 Å². The van der Waals surface area contributed by atoms with Gasteiger partial charge in [-0.15, -0.1) is 0 Å². The van der Waals surface area contributed by atoms with Crippen LogP contribution in [0, 0.1) is 0 Å². The zero-order chi connectivity index (χ0) is 22.7. The molecular weight excluding hydrogens is 384 g/mol. The van der Waals surface area contributed by atoms with Gasteiger partial charge in [-0.3, -0.25) is 0 Å². The predicted molar refractivity (Wildman–Crippen MR) is 146 cm³/mol. The molecule has 0 spiro atoms. The standard InChI is InChI=1S/C32H52/c1-3-5-7-9-11-13-15-17-19-24-29(23-18-16-14-12-10-8-6-4-2)32-28-22-26-30-25-20-21-27-31(30)32/h20-22,25-29H,3-19,23-24H2,1-2H3. The molecule has 2 aromatic rings. The Balaban J connectivity index is 1.78. The highest BCUT2D eigenvalue weighted by Gasteiger charge is 2.14. The Morgan fingerprint density at radius 2 is 0.906 bits per heavy atom. The average Bonchev–Trinajstić information content (AvgIpc) is 2.83. The first kappa shape index (κ1) is 26.9. The van der Waals surface area contributed by atoms with Crippen LogP contribution in [-0.2, 0) is 0 Å². The van der Waals surface area contributed by atoms with Crippen molar-refractivity contribution in [3.63, 3.8) is 0 Å². The molecule has 180 valence electrons. The first-order valence-electron chi connectivity index (χ1n) is 14.3. The number of hydrogen-bond donors (Lipinski definition) is 0. The van der Waals surface area contributed by atoms with Crippen molar-refractivity contribution in [1.82, 2.24) is 0 Å².